The predicted molar refractivity (Wildman–Crippen MR) is 180 cm³/mol. The molecule has 3 saturated heterocycles. The van der Waals surface area contributed by atoms with Gasteiger partial charge in [0, 0.05) is 73.8 Å². The molecule has 0 saturated carbocycles. The summed E-state index contributed by atoms with van der Waals surface area (Å²) < 4.78 is 20.5. The second-order valence-electron chi connectivity index (χ2n) is 13.5. The van der Waals surface area contributed by atoms with Crippen molar-refractivity contribution in [2.24, 2.45) is 5.41 Å². The van der Waals surface area contributed by atoms with E-state index >= 15 is 4.39 Å². The van der Waals surface area contributed by atoms with Crippen molar-refractivity contribution in [1.82, 2.24) is 19.8 Å². The van der Waals surface area contributed by atoms with Crippen LogP contribution in [0.25, 0.3) is 0 Å². The number of nitrogens with zero attached hydrogens (tertiary/aromatic N) is 7. The van der Waals surface area contributed by atoms with Gasteiger partial charge < -0.3 is 24.8 Å². The van der Waals surface area contributed by atoms with Crippen LogP contribution in [0, 0.1) is 18.2 Å². The molecular weight excluding hydrogens is 599 g/mol. The largest absolute Gasteiger partial charge is 0.497 e. The summed E-state index contributed by atoms with van der Waals surface area (Å²) >= 11 is 0. The number of nitrogens with one attached hydrogen (secondary N) is 1. The van der Waals surface area contributed by atoms with Crippen LogP contribution < -0.4 is 24.8 Å². The van der Waals surface area contributed by atoms with E-state index in [0.29, 0.717) is 54.4 Å². The van der Waals surface area contributed by atoms with Crippen molar-refractivity contribution in [2.75, 3.05) is 73.4 Å². The van der Waals surface area contributed by atoms with E-state index in [1.807, 2.05) is 6.92 Å². The quantitative estimate of drug-likeness (QED) is 0.378. The van der Waals surface area contributed by atoms with Gasteiger partial charge in [-0.15, -0.1) is 0 Å². The van der Waals surface area contributed by atoms with Crippen molar-refractivity contribution in [3.63, 3.8) is 0 Å². The van der Waals surface area contributed by atoms with Crippen LogP contribution in [0.4, 0.5) is 38.0 Å². The van der Waals surface area contributed by atoms with Gasteiger partial charge in [-0.1, -0.05) is 6.92 Å². The summed E-state index contributed by atoms with van der Waals surface area (Å²) in [5, 5.41) is 3.36. The van der Waals surface area contributed by atoms with Gasteiger partial charge >= 0.3 is 6.03 Å². The number of likely N-dealkylation sites (tertiary alicyclic amines) is 2. The summed E-state index contributed by atoms with van der Waals surface area (Å²) in [6.45, 7) is 9.48. The highest BCUT2D eigenvalue weighted by Gasteiger charge is 2.43. The first-order valence-corrected chi connectivity index (χ1v) is 16.6. The molecule has 47 heavy (non-hydrogen) atoms. The number of anilines is 5. The van der Waals surface area contributed by atoms with Crippen LogP contribution in [0.15, 0.2) is 42.6 Å². The lowest BCUT2D eigenvalue weighted by molar-refractivity contribution is -0.129. The summed E-state index contributed by atoms with van der Waals surface area (Å²) in [5.41, 5.74) is 4.48. The number of carbonyl (C=O) groups excluding carboxylic acids is 2. The maximum absolute atomic E-state index is 15.1. The zero-order valence-electron chi connectivity index (χ0n) is 27.6. The highest BCUT2D eigenvalue weighted by molar-refractivity contribution is 6.06. The van der Waals surface area contributed by atoms with Crippen LogP contribution in [0.1, 0.15) is 43.7 Å². The highest BCUT2D eigenvalue weighted by Crippen LogP contribution is 2.42. The minimum absolute atomic E-state index is 0.0383. The third kappa shape index (κ3) is 5.83. The van der Waals surface area contributed by atoms with E-state index in [-0.39, 0.29) is 24.2 Å². The minimum atomic E-state index is -0.533. The number of hydrogen-bond donors (Lipinski definition) is 1. The molecular formula is C35H43FN8O3. The van der Waals surface area contributed by atoms with Gasteiger partial charge in [0.2, 0.25) is 11.9 Å². The van der Waals surface area contributed by atoms with Gasteiger partial charge in [-0.2, -0.15) is 4.98 Å². The molecule has 7 rings (SSSR count). The number of halogens is 1. The first kappa shape index (κ1) is 31.2. The van der Waals surface area contributed by atoms with Crippen molar-refractivity contribution in [1.29, 1.82) is 0 Å². The lowest BCUT2D eigenvalue weighted by atomic mass is 9.86. The average molecular weight is 643 g/mol. The normalized spacial score (nSPS) is 22.8. The Balaban J connectivity index is 1.16. The molecule has 3 amide bonds. The second kappa shape index (κ2) is 12.3. The zero-order valence-corrected chi connectivity index (χ0v) is 27.6. The van der Waals surface area contributed by atoms with E-state index in [4.69, 9.17) is 9.72 Å². The summed E-state index contributed by atoms with van der Waals surface area (Å²) in [7, 11) is 3.72. The Morgan fingerprint density at radius 3 is 2.68 bits per heavy atom. The number of urea groups is 1. The Labute approximate surface area is 275 Å². The first-order chi connectivity index (χ1) is 22.7. The van der Waals surface area contributed by atoms with Crippen molar-refractivity contribution in [3.05, 3.63) is 59.5 Å². The molecule has 248 valence electrons. The van der Waals surface area contributed by atoms with Crippen molar-refractivity contribution in [2.45, 2.75) is 52.1 Å². The van der Waals surface area contributed by atoms with Crippen LogP contribution in [-0.4, -0.2) is 91.2 Å². The molecule has 2 aromatic carbocycles. The number of fused-ring (bicyclic) bond motifs is 1. The number of hydrogen-bond acceptors (Lipinski definition) is 8. The molecule has 0 bridgehead atoms. The molecule has 0 radical (unpaired) electrons. The molecule has 12 heteroatoms. The summed E-state index contributed by atoms with van der Waals surface area (Å²) in [6.07, 6.45) is 5.16. The molecule has 1 aromatic heterocycles. The minimum Gasteiger partial charge on any atom is -0.497 e. The van der Waals surface area contributed by atoms with E-state index in [0.717, 1.165) is 25.3 Å². The summed E-state index contributed by atoms with van der Waals surface area (Å²) in [4.78, 5) is 46.0. The van der Waals surface area contributed by atoms with E-state index in [9.17, 15) is 9.59 Å². The highest BCUT2D eigenvalue weighted by atomic mass is 19.1. The van der Waals surface area contributed by atoms with E-state index in [1.165, 1.54) is 60.8 Å². The number of ether oxygens (including phenoxy) is 1. The number of methoxy groups -OCH3 is 1. The second-order valence-corrected chi connectivity index (χ2v) is 13.5. The van der Waals surface area contributed by atoms with Gasteiger partial charge in [0.15, 0.2) is 0 Å². The van der Waals surface area contributed by atoms with Crippen LogP contribution in [0.3, 0.4) is 0 Å². The Morgan fingerprint density at radius 2 is 1.94 bits per heavy atom. The fourth-order valence-electron chi connectivity index (χ4n) is 7.83. The van der Waals surface area contributed by atoms with Gasteiger partial charge in [0.05, 0.1) is 25.4 Å². The Kier molecular flexibility index (Phi) is 8.15. The number of rotatable bonds is 7. The van der Waals surface area contributed by atoms with Crippen LogP contribution >= 0.6 is 0 Å². The Morgan fingerprint density at radius 1 is 1.11 bits per heavy atom. The van der Waals surface area contributed by atoms with Gasteiger partial charge in [-0.3, -0.25) is 14.6 Å². The molecule has 2 atom stereocenters. The molecule has 1 spiro atoms. The lowest BCUT2D eigenvalue weighted by Crippen LogP contribution is -2.53. The van der Waals surface area contributed by atoms with E-state index in [2.05, 4.69) is 52.3 Å². The topological polar surface area (TPSA) is 97.4 Å². The smallest absolute Gasteiger partial charge is 0.330 e. The maximum atomic E-state index is 15.1. The molecule has 4 aliphatic heterocycles. The Bertz CT molecular complexity index is 1700. The number of benzene rings is 2. The number of amides is 3. The van der Waals surface area contributed by atoms with Gasteiger partial charge in [0.1, 0.15) is 17.4 Å². The SMILES string of the molecule is CCC(=O)N1CC[C@H](N2C(=O)N(c3cc(OC)ccc3F)Cc3cnc(Nc4ccc(N5CCC6(CCN(C)C6)C5)c(C)c4)nc32)C1. The molecule has 0 aliphatic carbocycles. The Hall–Kier alpha value is -4.45. The van der Waals surface area contributed by atoms with Crippen LogP contribution in [-0.2, 0) is 11.3 Å². The third-order valence-electron chi connectivity index (χ3n) is 10.3. The van der Waals surface area contributed by atoms with Crippen LogP contribution in [0.2, 0.25) is 0 Å². The van der Waals surface area contributed by atoms with E-state index in [1.54, 1.807) is 16.0 Å². The van der Waals surface area contributed by atoms with E-state index < -0.39 is 11.8 Å². The maximum Gasteiger partial charge on any atom is 0.330 e. The van der Waals surface area contributed by atoms with Crippen molar-refractivity contribution in [3.8, 4) is 5.75 Å². The summed E-state index contributed by atoms with van der Waals surface area (Å²) in [5.74, 6) is 0.786. The number of carbonyl (C=O) groups is 2. The fraction of sp³-hybridized carbons (Fsp3) is 0.486. The van der Waals surface area contributed by atoms with Gasteiger partial charge in [-0.05, 0) is 75.7 Å². The standard InChI is InChI=1S/C35H43FN8O3/c1-5-31(45)41-13-10-26(20-41)44-32-24(19-43(34(44)46)30-17-27(47-4)7-8-28(30)36)18-37-33(39-32)38-25-6-9-29(23(2)16-25)42-15-12-35(22-42)11-14-40(3)21-35/h6-9,16-18,26H,5,10-15,19-22H2,1-4H3,(H,37,38,39)/t26-,35?/m0/s1. The average Bonchev–Trinajstić information content (AvgIpc) is 3.81. The zero-order chi connectivity index (χ0) is 32.9. The number of aryl methyl sites for hydroxylation is 1. The molecule has 1 unspecified atom stereocenters. The number of aromatic nitrogens is 2. The molecule has 3 aromatic rings. The van der Waals surface area contributed by atoms with Crippen molar-refractivity contribution < 1.29 is 18.7 Å². The molecule has 4 aliphatic rings. The monoisotopic (exact) mass is 642 g/mol. The fourth-order valence-corrected chi connectivity index (χ4v) is 7.83. The predicted octanol–water partition coefficient (Wildman–Crippen LogP) is 5.17. The summed E-state index contributed by atoms with van der Waals surface area (Å²) in [6, 6.07) is 9.96. The van der Waals surface area contributed by atoms with Crippen LogP contribution in [0.5, 0.6) is 5.75 Å². The molecule has 11 nitrogen and oxygen atoms in total. The molecule has 1 N–H and O–H groups in total. The molecule has 5 heterocycles. The first-order valence-electron chi connectivity index (χ1n) is 16.6. The third-order valence-corrected chi connectivity index (χ3v) is 10.3. The molecule has 3 fully saturated rings. The van der Waals surface area contributed by atoms with Crippen molar-refractivity contribution >= 4 is 40.8 Å². The van der Waals surface area contributed by atoms with Gasteiger partial charge in [0.25, 0.3) is 0 Å². The lowest BCUT2D eigenvalue weighted by Gasteiger charge is -2.39. The van der Waals surface area contributed by atoms with Gasteiger partial charge in [-0.25, -0.2) is 14.2 Å².